The fraction of sp³-hybridized carbons (Fsp3) is 0.522. The quantitative estimate of drug-likeness (QED) is 0.420. The van der Waals surface area contributed by atoms with E-state index in [9.17, 15) is 14.7 Å². The maximum atomic E-state index is 12.9. The Labute approximate surface area is 192 Å². The Morgan fingerprint density at radius 3 is 2.79 bits per heavy atom. The Hall–Kier alpha value is -3.11. The number of esters is 1. The van der Waals surface area contributed by atoms with E-state index in [4.69, 9.17) is 4.74 Å². The van der Waals surface area contributed by atoms with Gasteiger partial charge in [-0.15, -0.1) is 5.10 Å². The number of nitrogens with zero attached hydrogens (tertiary/aromatic N) is 5. The topological polar surface area (TPSA) is 126 Å². The second kappa shape index (κ2) is 11.2. The molecule has 0 radical (unpaired) electrons. The van der Waals surface area contributed by atoms with Gasteiger partial charge >= 0.3 is 5.97 Å². The van der Waals surface area contributed by atoms with Crippen LogP contribution in [0.3, 0.4) is 0 Å². The third-order valence-corrected chi connectivity index (χ3v) is 5.49. The van der Waals surface area contributed by atoms with Crippen LogP contribution in [0.25, 0.3) is 10.9 Å². The highest BCUT2D eigenvalue weighted by atomic mass is 16.5. The van der Waals surface area contributed by atoms with Gasteiger partial charge < -0.3 is 14.8 Å². The molecule has 0 aliphatic rings. The molecule has 10 nitrogen and oxygen atoms in total. The minimum absolute atomic E-state index is 0.0163. The number of carbonyl (C=O) groups excluding carboxylic acids is 1. The van der Waals surface area contributed by atoms with E-state index in [-0.39, 0.29) is 37.3 Å². The summed E-state index contributed by atoms with van der Waals surface area (Å²) in [5, 5.41) is 22.4. The lowest BCUT2D eigenvalue weighted by atomic mass is 10.00. The predicted molar refractivity (Wildman–Crippen MR) is 123 cm³/mol. The second-order valence-corrected chi connectivity index (χ2v) is 8.45. The van der Waals surface area contributed by atoms with Crippen molar-refractivity contribution in [1.29, 1.82) is 0 Å². The highest BCUT2D eigenvalue weighted by molar-refractivity contribution is 5.79. The summed E-state index contributed by atoms with van der Waals surface area (Å²) in [6, 6.07) is 7.56. The average molecular weight is 457 g/mol. The van der Waals surface area contributed by atoms with Crippen molar-refractivity contribution in [2.45, 2.75) is 53.2 Å². The van der Waals surface area contributed by atoms with Gasteiger partial charge in [-0.3, -0.25) is 14.5 Å². The summed E-state index contributed by atoms with van der Waals surface area (Å²) in [4.78, 5) is 30.0. The number of hydrogen-bond acceptors (Lipinski definition) is 8. The van der Waals surface area contributed by atoms with Crippen molar-refractivity contribution in [2.24, 2.45) is 5.92 Å². The zero-order valence-corrected chi connectivity index (χ0v) is 19.6. The number of aromatic nitrogens is 5. The third-order valence-electron chi connectivity index (χ3n) is 5.49. The monoisotopic (exact) mass is 456 g/mol. The number of carbonyl (C=O) groups is 1. The number of benzene rings is 1. The Balaban J connectivity index is 1.97. The molecule has 0 bridgehead atoms. The zero-order valence-electron chi connectivity index (χ0n) is 19.6. The van der Waals surface area contributed by atoms with Gasteiger partial charge in [0.15, 0.2) is 5.82 Å². The summed E-state index contributed by atoms with van der Waals surface area (Å²) in [5.41, 5.74) is 2.32. The maximum Gasteiger partial charge on any atom is 0.327 e. The van der Waals surface area contributed by atoms with Crippen molar-refractivity contribution in [3.05, 3.63) is 51.6 Å². The van der Waals surface area contributed by atoms with Gasteiger partial charge in [0.1, 0.15) is 6.54 Å². The van der Waals surface area contributed by atoms with Crippen LogP contribution in [-0.4, -0.2) is 60.9 Å². The largest absolute Gasteiger partial charge is 0.465 e. The number of ether oxygens (including phenoxy) is 1. The van der Waals surface area contributed by atoms with E-state index in [1.54, 1.807) is 6.92 Å². The molecule has 2 aromatic heterocycles. The van der Waals surface area contributed by atoms with Gasteiger partial charge in [0, 0.05) is 30.8 Å². The molecule has 3 aromatic rings. The van der Waals surface area contributed by atoms with Gasteiger partial charge in [-0.05, 0) is 59.7 Å². The number of rotatable bonds is 11. The van der Waals surface area contributed by atoms with Crippen LogP contribution in [-0.2, 0) is 22.6 Å². The molecule has 1 aromatic carbocycles. The van der Waals surface area contributed by atoms with Crippen LogP contribution < -0.4 is 5.56 Å². The first-order valence-electron chi connectivity index (χ1n) is 11.2. The van der Waals surface area contributed by atoms with Crippen LogP contribution in [0.15, 0.2) is 29.1 Å². The number of tetrazole rings is 1. The van der Waals surface area contributed by atoms with Crippen LogP contribution in [0, 0.1) is 12.8 Å². The van der Waals surface area contributed by atoms with Gasteiger partial charge in [0.25, 0.3) is 5.56 Å². The molecule has 178 valence electrons. The number of nitrogens with one attached hydrogen (secondary N) is 1. The predicted octanol–water partition coefficient (Wildman–Crippen LogP) is 1.97. The van der Waals surface area contributed by atoms with Crippen LogP contribution in [0.5, 0.6) is 0 Å². The number of pyridine rings is 1. The third kappa shape index (κ3) is 6.02. The summed E-state index contributed by atoms with van der Waals surface area (Å²) < 4.78 is 6.50. The standard InChI is InChI=1S/C23H32N6O4/c1-5-33-20(31)14-29-22(25-26-27-29)21(15(2)3)28(9-6-10-30)13-18-12-17-8-7-16(4)11-19(17)24-23(18)32/h7-8,11-12,15,21,30H,5-6,9-10,13-14H2,1-4H3,(H,24,32)/t21-/m1/s1. The Bertz CT molecular complexity index is 1140. The molecule has 1 atom stereocenters. The summed E-state index contributed by atoms with van der Waals surface area (Å²) in [5.74, 6) is 0.165. The molecule has 0 unspecified atom stereocenters. The zero-order chi connectivity index (χ0) is 24.0. The molecule has 0 saturated heterocycles. The number of aryl methyl sites for hydroxylation is 1. The van der Waals surface area contributed by atoms with Crippen LogP contribution in [0.1, 0.15) is 50.2 Å². The maximum absolute atomic E-state index is 12.9. The van der Waals surface area contributed by atoms with E-state index in [1.807, 2.05) is 45.0 Å². The number of hydrogen-bond donors (Lipinski definition) is 2. The number of H-pyrrole nitrogens is 1. The number of aliphatic hydroxyl groups is 1. The van der Waals surface area contributed by atoms with Gasteiger partial charge in [-0.25, -0.2) is 4.68 Å². The minimum Gasteiger partial charge on any atom is -0.465 e. The van der Waals surface area contributed by atoms with Crippen molar-refractivity contribution in [2.75, 3.05) is 19.8 Å². The summed E-state index contributed by atoms with van der Waals surface area (Å²) >= 11 is 0. The van der Waals surface area contributed by atoms with Gasteiger partial charge in [-0.2, -0.15) is 0 Å². The molecule has 2 N–H and O–H groups in total. The Kier molecular flexibility index (Phi) is 8.29. The van der Waals surface area contributed by atoms with E-state index in [0.717, 1.165) is 16.5 Å². The van der Waals surface area contributed by atoms with E-state index < -0.39 is 5.97 Å². The van der Waals surface area contributed by atoms with Crippen LogP contribution in [0.2, 0.25) is 0 Å². The van der Waals surface area contributed by atoms with Crippen molar-refractivity contribution < 1.29 is 14.6 Å². The van der Waals surface area contributed by atoms with E-state index >= 15 is 0 Å². The lowest BCUT2D eigenvalue weighted by Crippen LogP contribution is -2.37. The number of fused-ring (bicyclic) bond motifs is 1. The first-order chi connectivity index (χ1) is 15.8. The molecular weight excluding hydrogens is 424 g/mol. The lowest BCUT2D eigenvalue weighted by Gasteiger charge is -2.33. The minimum atomic E-state index is -0.420. The Morgan fingerprint density at radius 1 is 1.30 bits per heavy atom. The molecule has 0 fully saturated rings. The van der Waals surface area contributed by atoms with Gasteiger partial charge in [0.05, 0.1) is 12.6 Å². The molecular formula is C23H32N6O4. The van der Waals surface area contributed by atoms with Crippen LogP contribution >= 0.6 is 0 Å². The van der Waals surface area contributed by atoms with Gasteiger partial charge in [-0.1, -0.05) is 26.0 Å². The summed E-state index contributed by atoms with van der Waals surface area (Å²) in [7, 11) is 0. The fourth-order valence-electron chi connectivity index (χ4n) is 4.03. The van der Waals surface area contributed by atoms with E-state index in [0.29, 0.717) is 30.9 Å². The first-order valence-corrected chi connectivity index (χ1v) is 11.2. The normalized spacial score (nSPS) is 12.6. The Morgan fingerprint density at radius 2 is 2.09 bits per heavy atom. The second-order valence-electron chi connectivity index (χ2n) is 8.45. The first kappa shape index (κ1) is 24.5. The molecule has 0 aliphatic carbocycles. The molecule has 0 amide bonds. The molecule has 10 heteroatoms. The number of aromatic amines is 1. The van der Waals surface area contributed by atoms with Crippen molar-refractivity contribution in [3.8, 4) is 0 Å². The summed E-state index contributed by atoms with van der Waals surface area (Å²) in [6.07, 6.45) is 0.521. The summed E-state index contributed by atoms with van der Waals surface area (Å²) in [6.45, 7) is 8.86. The highest BCUT2D eigenvalue weighted by Crippen LogP contribution is 2.28. The van der Waals surface area contributed by atoms with Crippen molar-refractivity contribution in [3.63, 3.8) is 0 Å². The average Bonchev–Trinajstić information content (AvgIpc) is 3.19. The highest BCUT2D eigenvalue weighted by Gasteiger charge is 2.30. The molecule has 0 spiro atoms. The van der Waals surface area contributed by atoms with E-state index in [2.05, 4.69) is 25.4 Å². The smallest absolute Gasteiger partial charge is 0.327 e. The van der Waals surface area contributed by atoms with Crippen LogP contribution in [0.4, 0.5) is 0 Å². The molecule has 0 aliphatic heterocycles. The SMILES string of the molecule is CCOC(=O)Cn1nnnc1[C@@H](C(C)C)N(CCCO)Cc1cc2ccc(C)cc2[nH]c1=O. The van der Waals surface area contributed by atoms with E-state index in [1.165, 1.54) is 4.68 Å². The molecule has 3 rings (SSSR count). The van der Waals surface area contributed by atoms with Gasteiger partial charge in [0.2, 0.25) is 0 Å². The van der Waals surface area contributed by atoms with Crippen molar-refractivity contribution >= 4 is 16.9 Å². The number of aliphatic hydroxyl groups excluding tert-OH is 1. The lowest BCUT2D eigenvalue weighted by molar-refractivity contribution is -0.144. The molecule has 33 heavy (non-hydrogen) atoms. The fourth-order valence-corrected chi connectivity index (χ4v) is 4.03. The molecule has 2 heterocycles. The van der Waals surface area contributed by atoms with Crippen molar-refractivity contribution in [1.82, 2.24) is 30.1 Å². The molecule has 0 saturated carbocycles.